The maximum atomic E-state index is 6.40. The Morgan fingerprint density at radius 2 is 1.75 bits per heavy atom. The molecule has 0 aliphatic carbocycles. The number of nitrogens with zero attached hydrogens (tertiary/aromatic N) is 2. The summed E-state index contributed by atoms with van der Waals surface area (Å²) >= 11 is 12.2. The lowest BCUT2D eigenvalue weighted by atomic mass is 10.1. The molecule has 144 valence electrons. The Balaban J connectivity index is 1.87. The van der Waals surface area contributed by atoms with Crippen molar-refractivity contribution in [3.8, 4) is 0 Å². The molecule has 0 spiro atoms. The minimum atomic E-state index is 0.615. The van der Waals surface area contributed by atoms with E-state index in [1.807, 2.05) is 36.5 Å². The molecule has 3 aromatic rings. The van der Waals surface area contributed by atoms with Gasteiger partial charge in [-0.2, -0.15) is 0 Å². The van der Waals surface area contributed by atoms with Gasteiger partial charge in [-0.15, -0.1) is 0 Å². The van der Waals surface area contributed by atoms with E-state index < -0.39 is 0 Å². The van der Waals surface area contributed by atoms with Crippen LogP contribution >= 0.6 is 23.8 Å². The molecule has 0 bridgehead atoms. The standard InChI is InChI=1S/C23H24ClN3S/c1-16-11-17(2)22(18(3)12-16)26-23(28)27(14-19-7-6-10-25-13-19)15-20-8-4-5-9-21(20)24/h4-13H,14-15H2,1-3H3,(H,26,28). The third kappa shape index (κ3) is 5.09. The number of hydrogen-bond donors (Lipinski definition) is 1. The Morgan fingerprint density at radius 1 is 1.04 bits per heavy atom. The van der Waals surface area contributed by atoms with Crippen LogP contribution < -0.4 is 5.32 Å². The number of aromatic nitrogens is 1. The van der Waals surface area contributed by atoms with Crippen LogP contribution in [0.2, 0.25) is 5.02 Å². The highest BCUT2D eigenvalue weighted by Gasteiger charge is 2.15. The topological polar surface area (TPSA) is 28.2 Å². The first-order chi connectivity index (χ1) is 13.4. The van der Waals surface area contributed by atoms with Gasteiger partial charge in [0.15, 0.2) is 5.11 Å². The van der Waals surface area contributed by atoms with Crippen LogP contribution in [-0.2, 0) is 13.1 Å². The molecule has 0 fully saturated rings. The fourth-order valence-electron chi connectivity index (χ4n) is 3.31. The third-order valence-electron chi connectivity index (χ3n) is 4.61. The normalized spacial score (nSPS) is 10.6. The number of anilines is 1. The molecular formula is C23H24ClN3S. The van der Waals surface area contributed by atoms with Crippen molar-refractivity contribution in [3.05, 3.63) is 93.8 Å². The van der Waals surface area contributed by atoms with Crippen molar-refractivity contribution in [1.82, 2.24) is 9.88 Å². The van der Waals surface area contributed by atoms with Crippen LogP contribution in [0.15, 0.2) is 60.9 Å². The van der Waals surface area contributed by atoms with Crippen LogP contribution in [0.3, 0.4) is 0 Å². The molecule has 0 amide bonds. The second kappa shape index (κ2) is 9.18. The molecule has 0 atom stereocenters. The molecule has 0 unspecified atom stereocenters. The highest BCUT2D eigenvalue weighted by atomic mass is 35.5. The largest absolute Gasteiger partial charge is 0.340 e. The van der Waals surface area contributed by atoms with E-state index in [-0.39, 0.29) is 0 Å². The lowest BCUT2D eigenvalue weighted by Gasteiger charge is -2.27. The van der Waals surface area contributed by atoms with Gasteiger partial charge in [-0.1, -0.05) is 53.6 Å². The predicted octanol–water partition coefficient (Wildman–Crippen LogP) is 6.06. The van der Waals surface area contributed by atoms with Crippen LogP contribution in [0.4, 0.5) is 5.69 Å². The summed E-state index contributed by atoms with van der Waals surface area (Å²) in [7, 11) is 0. The summed E-state index contributed by atoms with van der Waals surface area (Å²) in [4.78, 5) is 6.34. The van der Waals surface area contributed by atoms with Gasteiger partial charge in [-0.3, -0.25) is 4.98 Å². The van der Waals surface area contributed by atoms with Crippen molar-refractivity contribution in [2.24, 2.45) is 0 Å². The first-order valence-electron chi connectivity index (χ1n) is 9.20. The quantitative estimate of drug-likeness (QED) is 0.518. The van der Waals surface area contributed by atoms with Crippen LogP contribution in [0.5, 0.6) is 0 Å². The molecule has 0 saturated carbocycles. The molecular weight excluding hydrogens is 386 g/mol. The van der Waals surface area contributed by atoms with E-state index >= 15 is 0 Å². The fourth-order valence-corrected chi connectivity index (χ4v) is 3.73. The molecule has 2 aromatic carbocycles. The molecule has 1 aromatic heterocycles. The number of aryl methyl sites for hydroxylation is 3. The summed E-state index contributed by atoms with van der Waals surface area (Å²) in [5, 5.41) is 4.87. The zero-order valence-electron chi connectivity index (χ0n) is 16.4. The van der Waals surface area contributed by atoms with E-state index in [1.165, 1.54) is 16.7 Å². The van der Waals surface area contributed by atoms with Gasteiger partial charge in [0.2, 0.25) is 0 Å². The Hall–Kier alpha value is -2.43. The number of thiocarbonyl (C=S) groups is 1. The molecule has 0 saturated heterocycles. The first kappa shape index (κ1) is 20.3. The second-order valence-electron chi connectivity index (χ2n) is 7.01. The summed E-state index contributed by atoms with van der Waals surface area (Å²) in [6.07, 6.45) is 3.64. The maximum absolute atomic E-state index is 6.40. The lowest BCUT2D eigenvalue weighted by molar-refractivity contribution is 0.412. The predicted molar refractivity (Wildman–Crippen MR) is 122 cm³/mol. The van der Waals surface area contributed by atoms with Gasteiger partial charge in [-0.05, 0) is 67.4 Å². The number of rotatable bonds is 5. The van der Waals surface area contributed by atoms with Crippen LogP contribution in [0.1, 0.15) is 27.8 Å². The first-order valence-corrected chi connectivity index (χ1v) is 9.98. The smallest absolute Gasteiger partial charge is 0.174 e. The minimum absolute atomic E-state index is 0.615. The van der Waals surface area contributed by atoms with E-state index in [4.69, 9.17) is 23.8 Å². The van der Waals surface area contributed by atoms with Crippen molar-refractivity contribution in [1.29, 1.82) is 0 Å². The monoisotopic (exact) mass is 409 g/mol. The molecule has 1 N–H and O–H groups in total. The number of hydrogen-bond acceptors (Lipinski definition) is 2. The minimum Gasteiger partial charge on any atom is -0.340 e. The summed E-state index contributed by atoms with van der Waals surface area (Å²) in [6.45, 7) is 7.57. The SMILES string of the molecule is Cc1cc(C)c(NC(=S)N(Cc2cccnc2)Cc2ccccc2Cl)c(C)c1. The van der Waals surface area contributed by atoms with Crippen molar-refractivity contribution >= 4 is 34.6 Å². The zero-order chi connectivity index (χ0) is 20.1. The van der Waals surface area contributed by atoms with Gasteiger partial charge >= 0.3 is 0 Å². The Labute approximate surface area is 177 Å². The average molecular weight is 410 g/mol. The Morgan fingerprint density at radius 3 is 2.39 bits per heavy atom. The van der Waals surface area contributed by atoms with Crippen molar-refractivity contribution in [2.45, 2.75) is 33.9 Å². The summed E-state index contributed by atoms with van der Waals surface area (Å²) in [5.74, 6) is 0. The van der Waals surface area contributed by atoms with Crippen LogP contribution in [-0.4, -0.2) is 15.0 Å². The van der Waals surface area contributed by atoms with Crippen molar-refractivity contribution < 1.29 is 0 Å². The second-order valence-corrected chi connectivity index (χ2v) is 7.81. The molecule has 28 heavy (non-hydrogen) atoms. The van der Waals surface area contributed by atoms with E-state index in [9.17, 15) is 0 Å². The van der Waals surface area contributed by atoms with Crippen molar-refractivity contribution in [2.75, 3.05) is 5.32 Å². The van der Waals surface area contributed by atoms with E-state index in [1.54, 1.807) is 6.20 Å². The highest BCUT2D eigenvalue weighted by Crippen LogP contribution is 2.24. The van der Waals surface area contributed by atoms with Gasteiger partial charge in [0.05, 0.1) is 0 Å². The fraction of sp³-hybridized carbons (Fsp3) is 0.217. The Kier molecular flexibility index (Phi) is 6.65. The molecule has 3 rings (SSSR count). The number of pyridine rings is 1. The van der Waals surface area contributed by atoms with E-state index in [0.29, 0.717) is 18.2 Å². The van der Waals surface area contributed by atoms with Gasteiger partial charge in [-0.25, -0.2) is 0 Å². The third-order valence-corrected chi connectivity index (χ3v) is 5.34. The molecule has 5 heteroatoms. The zero-order valence-corrected chi connectivity index (χ0v) is 17.9. The molecule has 0 aliphatic heterocycles. The van der Waals surface area contributed by atoms with Gasteiger partial charge < -0.3 is 10.2 Å². The number of nitrogens with one attached hydrogen (secondary N) is 1. The van der Waals surface area contributed by atoms with Crippen molar-refractivity contribution in [3.63, 3.8) is 0 Å². The summed E-state index contributed by atoms with van der Waals surface area (Å²) < 4.78 is 0. The van der Waals surface area contributed by atoms with Gasteiger partial charge in [0.1, 0.15) is 0 Å². The molecule has 1 heterocycles. The van der Waals surface area contributed by atoms with Crippen LogP contribution in [0.25, 0.3) is 0 Å². The molecule has 0 radical (unpaired) electrons. The maximum Gasteiger partial charge on any atom is 0.174 e. The van der Waals surface area contributed by atoms with Gasteiger partial charge in [0, 0.05) is 36.2 Å². The van der Waals surface area contributed by atoms with E-state index in [2.05, 4.69) is 54.2 Å². The van der Waals surface area contributed by atoms with Crippen LogP contribution in [0, 0.1) is 20.8 Å². The number of benzene rings is 2. The van der Waals surface area contributed by atoms with Gasteiger partial charge in [0.25, 0.3) is 0 Å². The number of halogens is 1. The summed E-state index contributed by atoms with van der Waals surface area (Å²) in [5.41, 5.74) is 6.80. The highest BCUT2D eigenvalue weighted by molar-refractivity contribution is 7.80. The average Bonchev–Trinajstić information content (AvgIpc) is 2.66. The lowest BCUT2D eigenvalue weighted by Crippen LogP contribution is -2.34. The Bertz CT molecular complexity index is 950. The van der Waals surface area contributed by atoms with E-state index in [0.717, 1.165) is 21.8 Å². The summed E-state index contributed by atoms with van der Waals surface area (Å²) in [6, 6.07) is 16.2. The molecule has 3 nitrogen and oxygen atoms in total. The molecule has 0 aliphatic rings.